The van der Waals surface area contributed by atoms with Crippen molar-refractivity contribution in [2.45, 2.75) is 40.0 Å². The summed E-state index contributed by atoms with van der Waals surface area (Å²) in [7, 11) is 0. The lowest BCUT2D eigenvalue weighted by Gasteiger charge is -1.97. The fourth-order valence-electron chi connectivity index (χ4n) is 0.852. The summed E-state index contributed by atoms with van der Waals surface area (Å²) in [6.45, 7) is 6.23. The van der Waals surface area contributed by atoms with Gasteiger partial charge in [0.05, 0.1) is 0 Å². The van der Waals surface area contributed by atoms with E-state index in [1.54, 1.807) is 6.08 Å². The van der Waals surface area contributed by atoms with Crippen LogP contribution in [0, 0.1) is 5.92 Å². The third-order valence-corrected chi connectivity index (χ3v) is 1.37. The number of rotatable bonds is 5. The van der Waals surface area contributed by atoms with Crippen LogP contribution in [-0.2, 0) is 4.79 Å². The van der Waals surface area contributed by atoms with Gasteiger partial charge in [0.25, 0.3) is 0 Å². The van der Waals surface area contributed by atoms with Crippen LogP contribution in [0.4, 0.5) is 0 Å². The van der Waals surface area contributed by atoms with Gasteiger partial charge in [0.2, 0.25) is 0 Å². The fourth-order valence-corrected chi connectivity index (χ4v) is 0.852. The molecule has 0 aliphatic heterocycles. The van der Waals surface area contributed by atoms with E-state index in [2.05, 4.69) is 20.8 Å². The first-order chi connectivity index (χ1) is 5.16. The molecule has 0 aliphatic rings. The lowest BCUT2D eigenvalue weighted by molar-refractivity contribution is -0.115. The number of carbonyl (C=O) groups is 1. The topological polar surface area (TPSA) is 48.6 Å². The van der Waals surface area contributed by atoms with Gasteiger partial charge in [0.15, 0.2) is 5.78 Å². The summed E-state index contributed by atoms with van der Waals surface area (Å²) in [6.07, 6.45) is 6.49. The first kappa shape index (κ1) is 13.9. The summed E-state index contributed by atoms with van der Waals surface area (Å²) >= 11 is 0. The van der Waals surface area contributed by atoms with E-state index < -0.39 is 0 Å². The summed E-state index contributed by atoms with van der Waals surface area (Å²) in [5.41, 5.74) is 0. The summed E-state index contributed by atoms with van der Waals surface area (Å²) in [4.78, 5) is 11.0. The largest absolute Gasteiger partial charge is 0.412 e. The zero-order valence-corrected chi connectivity index (χ0v) is 8.26. The SMILES string of the molecule is CCCC=CC(=O)CC(C)C.O. The molecular weight excluding hydrogens is 152 g/mol. The van der Waals surface area contributed by atoms with E-state index in [1.165, 1.54) is 0 Å². The zero-order valence-electron chi connectivity index (χ0n) is 8.26. The first-order valence-corrected chi connectivity index (χ1v) is 4.36. The van der Waals surface area contributed by atoms with E-state index >= 15 is 0 Å². The molecule has 0 atom stereocenters. The third-order valence-electron chi connectivity index (χ3n) is 1.37. The second-order valence-corrected chi connectivity index (χ2v) is 3.26. The van der Waals surface area contributed by atoms with Crippen LogP contribution in [0.3, 0.4) is 0 Å². The molecule has 0 aliphatic carbocycles. The van der Waals surface area contributed by atoms with E-state index in [1.807, 2.05) is 6.08 Å². The molecule has 0 aromatic rings. The minimum Gasteiger partial charge on any atom is -0.412 e. The second-order valence-electron chi connectivity index (χ2n) is 3.26. The normalized spacial score (nSPS) is 10.3. The highest BCUT2D eigenvalue weighted by atomic mass is 16.1. The van der Waals surface area contributed by atoms with Crippen molar-refractivity contribution >= 4 is 5.78 Å². The number of allylic oxidation sites excluding steroid dienone is 2. The van der Waals surface area contributed by atoms with Gasteiger partial charge in [-0.1, -0.05) is 33.3 Å². The van der Waals surface area contributed by atoms with E-state index in [0.29, 0.717) is 12.3 Å². The maximum atomic E-state index is 11.0. The molecule has 0 saturated heterocycles. The lowest BCUT2D eigenvalue weighted by Crippen LogP contribution is -1.98. The summed E-state index contributed by atoms with van der Waals surface area (Å²) in [5.74, 6) is 0.738. The van der Waals surface area contributed by atoms with E-state index in [4.69, 9.17) is 0 Å². The molecular formula is C10H20O2. The lowest BCUT2D eigenvalue weighted by atomic mass is 10.1. The average Bonchev–Trinajstić information content (AvgIpc) is 1.86. The van der Waals surface area contributed by atoms with Crippen molar-refractivity contribution in [2.24, 2.45) is 5.92 Å². The molecule has 2 nitrogen and oxygen atoms in total. The molecule has 2 heteroatoms. The van der Waals surface area contributed by atoms with Crippen LogP contribution < -0.4 is 0 Å². The van der Waals surface area contributed by atoms with Crippen LogP contribution in [0.5, 0.6) is 0 Å². The Morgan fingerprint density at radius 3 is 2.42 bits per heavy atom. The smallest absolute Gasteiger partial charge is 0.155 e. The van der Waals surface area contributed by atoms with E-state index in [9.17, 15) is 4.79 Å². The maximum Gasteiger partial charge on any atom is 0.155 e. The molecule has 12 heavy (non-hydrogen) atoms. The van der Waals surface area contributed by atoms with Crippen LogP contribution in [0.2, 0.25) is 0 Å². The van der Waals surface area contributed by atoms with Gasteiger partial charge in [-0.15, -0.1) is 0 Å². The number of hydrogen-bond donors (Lipinski definition) is 0. The molecule has 0 bridgehead atoms. The van der Waals surface area contributed by atoms with Gasteiger partial charge in [-0.3, -0.25) is 4.79 Å². The van der Waals surface area contributed by atoms with Crippen molar-refractivity contribution in [1.82, 2.24) is 0 Å². The summed E-state index contributed by atoms with van der Waals surface area (Å²) < 4.78 is 0. The van der Waals surface area contributed by atoms with E-state index in [-0.39, 0.29) is 11.3 Å². The number of ketones is 1. The third kappa shape index (κ3) is 9.37. The van der Waals surface area contributed by atoms with Gasteiger partial charge in [-0.05, 0) is 18.4 Å². The predicted molar refractivity (Wildman–Crippen MR) is 52.1 cm³/mol. The minimum absolute atomic E-state index is 0. The van der Waals surface area contributed by atoms with Crippen molar-refractivity contribution in [2.75, 3.05) is 0 Å². The molecule has 0 amide bonds. The van der Waals surface area contributed by atoms with Crippen LogP contribution in [0.15, 0.2) is 12.2 Å². The van der Waals surface area contributed by atoms with Crippen molar-refractivity contribution in [1.29, 1.82) is 0 Å². The Kier molecular flexibility index (Phi) is 9.83. The Morgan fingerprint density at radius 2 is 2.00 bits per heavy atom. The zero-order chi connectivity index (χ0) is 8.69. The van der Waals surface area contributed by atoms with Gasteiger partial charge < -0.3 is 5.48 Å². The Labute approximate surface area is 75.0 Å². The second kappa shape index (κ2) is 8.47. The van der Waals surface area contributed by atoms with Gasteiger partial charge in [0, 0.05) is 6.42 Å². The van der Waals surface area contributed by atoms with Gasteiger partial charge in [-0.25, -0.2) is 0 Å². The van der Waals surface area contributed by atoms with Gasteiger partial charge >= 0.3 is 0 Å². The molecule has 2 N–H and O–H groups in total. The van der Waals surface area contributed by atoms with Crippen molar-refractivity contribution in [3.8, 4) is 0 Å². The van der Waals surface area contributed by atoms with Gasteiger partial charge in [0.1, 0.15) is 0 Å². The average molecular weight is 172 g/mol. The first-order valence-electron chi connectivity index (χ1n) is 4.36. The Morgan fingerprint density at radius 1 is 1.42 bits per heavy atom. The molecule has 0 radical (unpaired) electrons. The van der Waals surface area contributed by atoms with Crippen molar-refractivity contribution in [3.05, 3.63) is 12.2 Å². The van der Waals surface area contributed by atoms with Crippen molar-refractivity contribution < 1.29 is 10.3 Å². The molecule has 0 heterocycles. The van der Waals surface area contributed by atoms with Crippen LogP contribution in [-0.4, -0.2) is 11.3 Å². The molecule has 72 valence electrons. The Hall–Kier alpha value is -0.630. The highest BCUT2D eigenvalue weighted by Gasteiger charge is 1.99. The fraction of sp³-hybridized carbons (Fsp3) is 0.700. The van der Waals surface area contributed by atoms with Crippen LogP contribution in [0.25, 0.3) is 0 Å². The number of carbonyl (C=O) groups excluding carboxylic acids is 1. The van der Waals surface area contributed by atoms with Crippen molar-refractivity contribution in [3.63, 3.8) is 0 Å². The monoisotopic (exact) mass is 172 g/mol. The summed E-state index contributed by atoms with van der Waals surface area (Å²) in [6, 6.07) is 0. The highest BCUT2D eigenvalue weighted by Crippen LogP contribution is 2.01. The highest BCUT2D eigenvalue weighted by molar-refractivity contribution is 5.89. The molecule has 0 spiro atoms. The number of hydrogen-bond acceptors (Lipinski definition) is 1. The molecule has 0 rings (SSSR count). The molecule has 0 aromatic heterocycles. The standard InChI is InChI=1S/C10H18O.H2O/c1-4-5-6-7-10(11)8-9(2)3;/h6-7,9H,4-5,8H2,1-3H3;1H2. The quantitative estimate of drug-likeness (QED) is 0.586. The molecule has 0 fully saturated rings. The Balaban J connectivity index is 0. The predicted octanol–water partition coefficient (Wildman–Crippen LogP) is 2.13. The maximum absolute atomic E-state index is 11.0. The minimum atomic E-state index is 0. The molecule has 0 aromatic carbocycles. The Bertz CT molecular complexity index is 137. The number of unbranched alkanes of at least 4 members (excludes halogenated alkanes) is 1. The molecule has 0 saturated carbocycles. The van der Waals surface area contributed by atoms with E-state index in [0.717, 1.165) is 12.8 Å². The summed E-state index contributed by atoms with van der Waals surface area (Å²) in [5, 5.41) is 0. The molecule has 0 unspecified atom stereocenters. The van der Waals surface area contributed by atoms with Gasteiger partial charge in [-0.2, -0.15) is 0 Å². The van der Waals surface area contributed by atoms with Crippen LogP contribution in [0.1, 0.15) is 40.0 Å². The van der Waals surface area contributed by atoms with Crippen LogP contribution >= 0.6 is 0 Å².